The molecule has 0 saturated heterocycles. The Kier molecular flexibility index (Phi) is 5.95. The van der Waals surface area contributed by atoms with E-state index in [1.54, 1.807) is 13.3 Å². The molecule has 134 valence electrons. The number of aromatic nitrogens is 3. The van der Waals surface area contributed by atoms with Crippen LogP contribution in [-0.4, -0.2) is 35.2 Å². The van der Waals surface area contributed by atoms with Crippen molar-refractivity contribution in [3.63, 3.8) is 0 Å². The van der Waals surface area contributed by atoms with Crippen molar-refractivity contribution in [1.29, 1.82) is 0 Å². The molecule has 0 bridgehead atoms. The molecule has 2 aromatic heterocycles. The molecule has 3 aromatic rings. The number of ether oxygens (including phenoxy) is 1. The minimum absolute atomic E-state index is 0.477. The van der Waals surface area contributed by atoms with Gasteiger partial charge in [-0.15, -0.1) is 0 Å². The lowest BCUT2D eigenvalue weighted by Crippen LogP contribution is -2.21. The fraction of sp³-hybridized carbons (Fsp3) is 0.211. The minimum Gasteiger partial charge on any atom is -0.393 e. The van der Waals surface area contributed by atoms with Gasteiger partial charge in [0.2, 0.25) is 0 Å². The van der Waals surface area contributed by atoms with E-state index in [0.29, 0.717) is 37.0 Å². The summed E-state index contributed by atoms with van der Waals surface area (Å²) in [6.45, 7) is 1.77. The zero-order valence-electron chi connectivity index (χ0n) is 14.7. The maximum Gasteiger partial charge on any atom is 0.163 e. The van der Waals surface area contributed by atoms with E-state index in [-0.39, 0.29) is 0 Å². The fourth-order valence-electron chi connectivity index (χ4n) is 2.56. The second-order valence-corrected chi connectivity index (χ2v) is 5.64. The molecule has 0 aliphatic heterocycles. The van der Waals surface area contributed by atoms with Gasteiger partial charge in [-0.2, -0.15) is 0 Å². The number of nitrogens with one attached hydrogen (secondary N) is 1. The van der Waals surface area contributed by atoms with Crippen LogP contribution in [0.25, 0.3) is 0 Å². The van der Waals surface area contributed by atoms with Gasteiger partial charge in [-0.25, -0.2) is 15.0 Å². The molecule has 3 N–H and O–H groups in total. The molecule has 0 amide bonds. The van der Waals surface area contributed by atoms with E-state index in [2.05, 4.69) is 32.4 Å². The highest BCUT2D eigenvalue weighted by Gasteiger charge is 2.18. The molecule has 7 nitrogen and oxygen atoms in total. The summed E-state index contributed by atoms with van der Waals surface area (Å²) in [4.78, 5) is 15.1. The van der Waals surface area contributed by atoms with Crippen molar-refractivity contribution in [3.05, 3.63) is 66.6 Å². The van der Waals surface area contributed by atoms with Gasteiger partial charge in [-0.1, -0.05) is 36.4 Å². The molecule has 0 atom stereocenters. The van der Waals surface area contributed by atoms with E-state index in [1.165, 1.54) is 6.33 Å². The number of nitrogens with two attached hydrogens (primary N) is 1. The average molecular weight is 350 g/mol. The van der Waals surface area contributed by atoms with Crippen molar-refractivity contribution in [2.45, 2.75) is 6.54 Å². The van der Waals surface area contributed by atoms with E-state index in [4.69, 9.17) is 10.5 Å². The van der Waals surface area contributed by atoms with Crippen LogP contribution >= 0.6 is 0 Å². The van der Waals surface area contributed by atoms with Crippen LogP contribution in [0.2, 0.25) is 0 Å². The summed E-state index contributed by atoms with van der Waals surface area (Å²) in [7, 11) is 1.65. The molecule has 3 rings (SSSR count). The minimum atomic E-state index is 0.477. The maximum absolute atomic E-state index is 6.36. The molecule has 1 aromatic carbocycles. The van der Waals surface area contributed by atoms with Gasteiger partial charge in [0, 0.05) is 19.9 Å². The first-order valence-corrected chi connectivity index (χ1v) is 8.35. The van der Waals surface area contributed by atoms with Gasteiger partial charge >= 0.3 is 0 Å². The van der Waals surface area contributed by atoms with Crippen molar-refractivity contribution in [3.8, 4) is 0 Å². The van der Waals surface area contributed by atoms with Gasteiger partial charge in [0.15, 0.2) is 11.6 Å². The monoisotopic (exact) mass is 350 g/mol. The van der Waals surface area contributed by atoms with Crippen LogP contribution in [0.15, 0.2) is 61.1 Å². The zero-order valence-corrected chi connectivity index (χ0v) is 14.7. The van der Waals surface area contributed by atoms with E-state index in [9.17, 15) is 0 Å². The number of hydrogen-bond donors (Lipinski definition) is 2. The number of hydrogen-bond acceptors (Lipinski definition) is 7. The van der Waals surface area contributed by atoms with Crippen molar-refractivity contribution in [2.24, 2.45) is 0 Å². The molecule has 0 saturated carbocycles. The summed E-state index contributed by atoms with van der Waals surface area (Å²) in [6, 6.07) is 15.9. The maximum atomic E-state index is 6.36. The summed E-state index contributed by atoms with van der Waals surface area (Å²) >= 11 is 0. The molecule has 0 fully saturated rings. The predicted molar refractivity (Wildman–Crippen MR) is 103 cm³/mol. The molecule has 0 aliphatic carbocycles. The summed E-state index contributed by atoms with van der Waals surface area (Å²) in [5, 5.41) is 3.18. The quantitative estimate of drug-likeness (QED) is 0.604. The van der Waals surface area contributed by atoms with E-state index < -0.39 is 0 Å². The van der Waals surface area contributed by atoms with Crippen LogP contribution in [0.5, 0.6) is 0 Å². The second kappa shape index (κ2) is 8.77. The Labute approximate surface area is 152 Å². The van der Waals surface area contributed by atoms with Gasteiger partial charge in [-0.3, -0.25) is 0 Å². The normalized spacial score (nSPS) is 10.5. The Balaban J connectivity index is 1.95. The molecule has 0 aliphatic rings. The SMILES string of the molecule is COCCNc1ncnc(N(Cc2ccccc2)c2ccccn2)c1N. The number of rotatable bonds is 8. The number of methoxy groups -OCH3 is 1. The number of pyridine rings is 1. The van der Waals surface area contributed by atoms with Crippen molar-refractivity contribution in [2.75, 3.05) is 36.2 Å². The lowest BCUT2D eigenvalue weighted by Gasteiger charge is -2.24. The standard InChI is InChI=1S/C19H22N6O/c1-26-12-11-22-18-17(20)19(24-14-23-18)25(16-9-5-6-10-21-16)13-15-7-3-2-4-8-15/h2-10,14H,11-13,20H2,1H3,(H,22,23,24). The largest absolute Gasteiger partial charge is 0.393 e. The third-order valence-corrected chi connectivity index (χ3v) is 3.83. The molecule has 2 heterocycles. The summed E-state index contributed by atoms with van der Waals surface area (Å²) in [6.07, 6.45) is 3.25. The molecule has 0 radical (unpaired) electrons. The molecule has 26 heavy (non-hydrogen) atoms. The Morgan fingerprint density at radius 3 is 2.58 bits per heavy atom. The average Bonchev–Trinajstić information content (AvgIpc) is 2.69. The van der Waals surface area contributed by atoms with Crippen molar-refractivity contribution >= 4 is 23.1 Å². The first-order valence-electron chi connectivity index (χ1n) is 8.35. The second-order valence-electron chi connectivity index (χ2n) is 5.64. The van der Waals surface area contributed by atoms with E-state index in [1.807, 2.05) is 41.3 Å². The fourth-order valence-corrected chi connectivity index (χ4v) is 2.56. The van der Waals surface area contributed by atoms with Gasteiger partial charge in [0.05, 0.1) is 13.2 Å². The Morgan fingerprint density at radius 1 is 1.04 bits per heavy atom. The third-order valence-electron chi connectivity index (χ3n) is 3.83. The first kappa shape index (κ1) is 17.6. The highest BCUT2D eigenvalue weighted by Crippen LogP contribution is 2.32. The Bertz CT molecular complexity index is 813. The highest BCUT2D eigenvalue weighted by atomic mass is 16.5. The molecular weight excluding hydrogens is 328 g/mol. The van der Waals surface area contributed by atoms with Crippen LogP contribution in [-0.2, 0) is 11.3 Å². The number of nitrogen functional groups attached to an aromatic ring is 1. The van der Waals surface area contributed by atoms with E-state index in [0.717, 1.165) is 11.4 Å². The predicted octanol–water partition coefficient (Wildman–Crippen LogP) is 2.85. The summed E-state index contributed by atoms with van der Waals surface area (Å²) in [5.41, 5.74) is 7.97. The number of nitrogens with zero attached hydrogens (tertiary/aromatic N) is 4. The van der Waals surface area contributed by atoms with Crippen LogP contribution < -0.4 is 16.0 Å². The first-order chi connectivity index (χ1) is 12.8. The van der Waals surface area contributed by atoms with Crippen molar-refractivity contribution < 1.29 is 4.74 Å². The summed E-state index contributed by atoms with van der Waals surface area (Å²) < 4.78 is 5.06. The number of benzene rings is 1. The summed E-state index contributed by atoms with van der Waals surface area (Å²) in [5.74, 6) is 1.97. The topological polar surface area (TPSA) is 89.2 Å². The Morgan fingerprint density at radius 2 is 1.85 bits per heavy atom. The third kappa shape index (κ3) is 4.25. The van der Waals surface area contributed by atoms with Gasteiger partial charge in [0.25, 0.3) is 0 Å². The van der Waals surface area contributed by atoms with Crippen molar-refractivity contribution in [1.82, 2.24) is 15.0 Å². The molecule has 7 heteroatoms. The molecule has 0 spiro atoms. The smallest absolute Gasteiger partial charge is 0.163 e. The molecule has 0 unspecified atom stereocenters. The van der Waals surface area contributed by atoms with Gasteiger partial charge < -0.3 is 20.7 Å². The zero-order chi connectivity index (χ0) is 18.2. The lowest BCUT2D eigenvalue weighted by atomic mass is 10.2. The van der Waals surface area contributed by atoms with Gasteiger partial charge in [-0.05, 0) is 17.7 Å². The van der Waals surface area contributed by atoms with Crippen LogP contribution in [0.4, 0.5) is 23.1 Å². The van der Waals surface area contributed by atoms with Crippen LogP contribution in [0.3, 0.4) is 0 Å². The van der Waals surface area contributed by atoms with E-state index >= 15 is 0 Å². The lowest BCUT2D eigenvalue weighted by molar-refractivity contribution is 0.210. The number of anilines is 4. The van der Waals surface area contributed by atoms with Crippen LogP contribution in [0.1, 0.15) is 5.56 Å². The Hall–Kier alpha value is -3.19. The molecular formula is C19H22N6O. The highest BCUT2D eigenvalue weighted by molar-refractivity contribution is 5.78. The van der Waals surface area contributed by atoms with Gasteiger partial charge in [0.1, 0.15) is 17.8 Å². The van der Waals surface area contributed by atoms with Crippen LogP contribution in [0, 0.1) is 0 Å².